The molecule has 2 N–H and O–H groups in total. The third kappa shape index (κ3) is 2.20. The van der Waals surface area contributed by atoms with Crippen molar-refractivity contribution in [3.63, 3.8) is 0 Å². The first-order valence-electron chi connectivity index (χ1n) is 6.10. The molecule has 1 heterocycles. The van der Waals surface area contributed by atoms with Crippen molar-refractivity contribution in [3.05, 3.63) is 0 Å². The Morgan fingerprint density at radius 2 is 1.94 bits per heavy atom. The quantitative estimate of drug-likeness (QED) is 0.746. The standard InChI is InChI=1S/C12H19NO3/c1-7-2-4-8(5-3-7)9-6-10(14)13-11(9)12(15)16/h7-9,11H,2-6H2,1H3,(H,13,14)(H,15,16). The summed E-state index contributed by atoms with van der Waals surface area (Å²) in [7, 11) is 0. The second-order valence-electron chi connectivity index (χ2n) is 5.27. The molecule has 0 bridgehead atoms. The van der Waals surface area contributed by atoms with E-state index in [9.17, 15) is 9.59 Å². The van der Waals surface area contributed by atoms with E-state index < -0.39 is 12.0 Å². The maximum atomic E-state index is 11.3. The Hall–Kier alpha value is -1.06. The average Bonchev–Trinajstić information content (AvgIpc) is 2.61. The van der Waals surface area contributed by atoms with Gasteiger partial charge in [0.2, 0.25) is 5.91 Å². The lowest BCUT2D eigenvalue weighted by Gasteiger charge is -2.31. The van der Waals surface area contributed by atoms with Gasteiger partial charge in [0.15, 0.2) is 0 Å². The van der Waals surface area contributed by atoms with Crippen LogP contribution in [0.5, 0.6) is 0 Å². The van der Waals surface area contributed by atoms with Crippen LogP contribution >= 0.6 is 0 Å². The lowest BCUT2D eigenvalue weighted by atomic mass is 9.74. The van der Waals surface area contributed by atoms with Crippen LogP contribution in [0.15, 0.2) is 0 Å². The number of amides is 1. The molecule has 2 aliphatic rings. The number of hydrogen-bond donors (Lipinski definition) is 2. The molecule has 0 aromatic carbocycles. The van der Waals surface area contributed by atoms with Crippen LogP contribution < -0.4 is 5.32 Å². The van der Waals surface area contributed by atoms with E-state index in [2.05, 4.69) is 12.2 Å². The molecule has 16 heavy (non-hydrogen) atoms. The summed E-state index contributed by atoms with van der Waals surface area (Å²) in [6, 6.07) is -0.647. The van der Waals surface area contributed by atoms with Crippen LogP contribution in [0.1, 0.15) is 39.0 Å². The first-order valence-corrected chi connectivity index (χ1v) is 6.10. The first kappa shape index (κ1) is 11.4. The van der Waals surface area contributed by atoms with Crippen LogP contribution in [-0.4, -0.2) is 23.0 Å². The minimum absolute atomic E-state index is 0.0116. The summed E-state index contributed by atoms with van der Waals surface area (Å²) in [5.74, 6) is 0.198. The summed E-state index contributed by atoms with van der Waals surface area (Å²) in [5.41, 5.74) is 0. The maximum absolute atomic E-state index is 11.3. The number of aliphatic carboxylic acids is 1. The number of carboxylic acid groups (broad SMARTS) is 1. The van der Waals surface area contributed by atoms with Crippen LogP contribution in [0.25, 0.3) is 0 Å². The van der Waals surface area contributed by atoms with Crippen molar-refractivity contribution in [1.82, 2.24) is 5.32 Å². The van der Waals surface area contributed by atoms with E-state index in [1.165, 1.54) is 12.8 Å². The van der Waals surface area contributed by atoms with E-state index in [-0.39, 0.29) is 11.8 Å². The van der Waals surface area contributed by atoms with Crippen molar-refractivity contribution in [2.24, 2.45) is 17.8 Å². The molecular weight excluding hydrogens is 206 g/mol. The fraction of sp³-hybridized carbons (Fsp3) is 0.833. The van der Waals surface area contributed by atoms with Crippen molar-refractivity contribution in [1.29, 1.82) is 0 Å². The zero-order valence-electron chi connectivity index (χ0n) is 9.61. The topological polar surface area (TPSA) is 66.4 Å². The van der Waals surface area contributed by atoms with Crippen molar-refractivity contribution in [3.8, 4) is 0 Å². The molecule has 2 atom stereocenters. The van der Waals surface area contributed by atoms with Crippen LogP contribution in [-0.2, 0) is 9.59 Å². The predicted octanol–water partition coefficient (Wildman–Crippen LogP) is 1.40. The van der Waals surface area contributed by atoms with E-state index in [1.807, 2.05) is 0 Å². The highest BCUT2D eigenvalue weighted by Crippen LogP contribution is 2.38. The summed E-state index contributed by atoms with van der Waals surface area (Å²) < 4.78 is 0. The van der Waals surface area contributed by atoms with Gasteiger partial charge in [0, 0.05) is 12.3 Å². The molecule has 2 unspecified atom stereocenters. The molecular formula is C12H19NO3. The summed E-state index contributed by atoms with van der Waals surface area (Å²) in [6.07, 6.45) is 4.88. The highest BCUT2D eigenvalue weighted by molar-refractivity contribution is 5.88. The molecule has 1 aliphatic heterocycles. The average molecular weight is 225 g/mol. The minimum atomic E-state index is -0.880. The lowest BCUT2D eigenvalue weighted by Crippen LogP contribution is -2.40. The Kier molecular flexibility index (Phi) is 3.17. The monoisotopic (exact) mass is 225 g/mol. The number of nitrogens with one attached hydrogen (secondary N) is 1. The smallest absolute Gasteiger partial charge is 0.326 e. The normalized spacial score (nSPS) is 39.4. The summed E-state index contributed by atoms with van der Waals surface area (Å²) in [6.45, 7) is 2.24. The van der Waals surface area contributed by atoms with E-state index in [0.29, 0.717) is 12.3 Å². The van der Waals surface area contributed by atoms with Gasteiger partial charge in [0.25, 0.3) is 0 Å². The van der Waals surface area contributed by atoms with E-state index in [0.717, 1.165) is 18.8 Å². The fourth-order valence-electron chi connectivity index (χ4n) is 3.07. The number of carboxylic acids is 1. The Morgan fingerprint density at radius 1 is 1.31 bits per heavy atom. The molecule has 0 spiro atoms. The third-order valence-electron chi connectivity index (χ3n) is 4.10. The van der Waals surface area contributed by atoms with Crippen LogP contribution in [0, 0.1) is 17.8 Å². The lowest BCUT2D eigenvalue weighted by molar-refractivity contribution is -0.141. The molecule has 1 aliphatic carbocycles. The van der Waals surface area contributed by atoms with Crippen LogP contribution in [0.4, 0.5) is 0 Å². The van der Waals surface area contributed by atoms with Gasteiger partial charge in [0.05, 0.1) is 0 Å². The first-order chi connectivity index (χ1) is 7.58. The molecule has 90 valence electrons. The number of carbonyl (C=O) groups excluding carboxylic acids is 1. The van der Waals surface area contributed by atoms with Gasteiger partial charge < -0.3 is 10.4 Å². The molecule has 2 rings (SSSR count). The Labute approximate surface area is 95.4 Å². The van der Waals surface area contributed by atoms with Gasteiger partial charge in [-0.2, -0.15) is 0 Å². The van der Waals surface area contributed by atoms with Gasteiger partial charge in [0.1, 0.15) is 6.04 Å². The largest absolute Gasteiger partial charge is 0.480 e. The number of carbonyl (C=O) groups is 2. The Balaban J connectivity index is 2.02. The molecule has 1 saturated carbocycles. The molecule has 4 nitrogen and oxygen atoms in total. The number of rotatable bonds is 2. The SMILES string of the molecule is CC1CCC(C2CC(=O)NC2C(=O)O)CC1. The molecule has 0 aromatic rings. The van der Waals surface area contributed by atoms with Crippen molar-refractivity contribution >= 4 is 11.9 Å². The van der Waals surface area contributed by atoms with E-state index in [4.69, 9.17) is 5.11 Å². The van der Waals surface area contributed by atoms with Crippen molar-refractivity contribution < 1.29 is 14.7 Å². The van der Waals surface area contributed by atoms with Gasteiger partial charge >= 0.3 is 5.97 Å². The highest BCUT2D eigenvalue weighted by atomic mass is 16.4. The molecule has 0 aromatic heterocycles. The molecule has 4 heteroatoms. The third-order valence-corrected chi connectivity index (χ3v) is 4.10. The van der Waals surface area contributed by atoms with Crippen molar-refractivity contribution in [2.45, 2.75) is 45.1 Å². The van der Waals surface area contributed by atoms with Gasteiger partial charge in [-0.25, -0.2) is 4.79 Å². The molecule has 2 fully saturated rings. The van der Waals surface area contributed by atoms with E-state index >= 15 is 0 Å². The second kappa shape index (κ2) is 4.44. The molecule has 1 amide bonds. The fourth-order valence-corrected chi connectivity index (χ4v) is 3.07. The van der Waals surface area contributed by atoms with Gasteiger partial charge in [-0.3, -0.25) is 4.79 Å². The highest BCUT2D eigenvalue weighted by Gasteiger charge is 2.42. The number of hydrogen-bond acceptors (Lipinski definition) is 2. The minimum Gasteiger partial charge on any atom is -0.480 e. The van der Waals surface area contributed by atoms with Crippen LogP contribution in [0.3, 0.4) is 0 Å². The summed E-state index contributed by atoms with van der Waals surface area (Å²) in [5, 5.41) is 11.6. The van der Waals surface area contributed by atoms with E-state index in [1.54, 1.807) is 0 Å². The summed E-state index contributed by atoms with van der Waals surface area (Å²) >= 11 is 0. The molecule has 0 radical (unpaired) electrons. The Morgan fingerprint density at radius 3 is 2.50 bits per heavy atom. The van der Waals surface area contributed by atoms with Gasteiger partial charge in [-0.05, 0) is 24.7 Å². The Bertz CT molecular complexity index is 295. The maximum Gasteiger partial charge on any atom is 0.326 e. The second-order valence-corrected chi connectivity index (χ2v) is 5.27. The van der Waals surface area contributed by atoms with Gasteiger partial charge in [-0.15, -0.1) is 0 Å². The summed E-state index contributed by atoms with van der Waals surface area (Å²) in [4.78, 5) is 22.4. The predicted molar refractivity (Wildman–Crippen MR) is 58.8 cm³/mol. The van der Waals surface area contributed by atoms with Crippen molar-refractivity contribution in [2.75, 3.05) is 0 Å². The molecule has 1 saturated heterocycles. The van der Waals surface area contributed by atoms with Gasteiger partial charge in [-0.1, -0.05) is 19.8 Å². The van der Waals surface area contributed by atoms with Crippen LogP contribution in [0.2, 0.25) is 0 Å². The zero-order valence-corrected chi connectivity index (χ0v) is 9.61. The zero-order chi connectivity index (χ0) is 11.7.